The molecule has 0 atom stereocenters. The van der Waals surface area contributed by atoms with Gasteiger partial charge in [-0.25, -0.2) is 4.39 Å². The third-order valence-corrected chi connectivity index (χ3v) is 8.25. The van der Waals surface area contributed by atoms with E-state index >= 15 is 0 Å². The fourth-order valence-corrected chi connectivity index (χ4v) is 6.61. The van der Waals surface area contributed by atoms with Crippen LogP contribution in [0.3, 0.4) is 0 Å². The van der Waals surface area contributed by atoms with Crippen molar-refractivity contribution in [2.75, 3.05) is 20.3 Å². The summed E-state index contributed by atoms with van der Waals surface area (Å²) in [6, 6.07) is 14.9. The molecule has 0 bridgehead atoms. The summed E-state index contributed by atoms with van der Waals surface area (Å²) < 4.78 is 22.0. The number of benzene rings is 2. The van der Waals surface area contributed by atoms with E-state index in [9.17, 15) is 14.0 Å². The van der Waals surface area contributed by atoms with E-state index in [-0.39, 0.29) is 23.3 Å². The maximum atomic E-state index is 14.6. The molecule has 196 valence electrons. The minimum Gasteiger partial charge on any atom is -0.385 e. The Balaban J connectivity index is 1.54. The van der Waals surface area contributed by atoms with Crippen LogP contribution in [0, 0.1) is 5.82 Å². The van der Waals surface area contributed by atoms with Gasteiger partial charge in [0.1, 0.15) is 5.82 Å². The number of ketones is 2. The van der Waals surface area contributed by atoms with Gasteiger partial charge in [0.15, 0.2) is 11.6 Å². The van der Waals surface area contributed by atoms with Gasteiger partial charge in [-0.15, -0.1) is 0 Å². The van der Waals surface area contributed by atoms with Crippen LogP contribution in [-0.4, -0.2) is 41.3 Å². The van der Waals surface area contributed by atoms with E-state index in [2.05, 4.69) is 21.7 Å². The fraction of sp³-hybridized carbons (Fsp3) is 0.375. The number of methoxy groups -OCH3 is 1. The number of rotatable bonds is 7. The second kappa shape index (κ2) is 10.3. The number of ether oxygens (including phenoxy) is 1. The molecule has 0 spiro atoms. The molecule has 6 rings (SSSR count). The lowest BCUT2D eigenvalue weighted by Gasteiger charge is -2.44. The first-order chi connectivity index (χ1) is 18.6. The minimum absolute atomic E-state index is 0.142. The van der Waals surface area contributed by atoms with Gasteiger partial charge in [-0.05, 0) is 49.8 Å². The molecule has 1 aliphatic heterocycles. The first-order valence-electron chi connectivity index (χ1n) is 13.7. The number of Topliss-reactive ketones (excluding diaryl/α,β-unsaturated/α-hetero) is 2. The standard InChI is InChI=1S/C32H33FN2O3/c1-38-18-8-17-35-26-13-6-15-28(36)31(26)30(32-27(35)14-7-16-29(32)37)23-20-34(25-12-5-3-10-22(23)25)19-21-9-2-4-11-24(21)33/h2-5,9-12,20,30H,6-8,13-19H2,1H3. The second-order valence-electron chi connectivity index (χ2n) is 10.5. The van der Waals surface area contributed by atoms with Gasteiger partial charge < -0.3 is 14.2 Å². The molecule has 6 heteroatoms. The van der Waals surface area contributed by atoms with Crippen molar-refractivity contribution in [3.8, 4) is 0 Å². The second-order valence-corrected chi connectivity index (χ2v) is 10.5. The molecule has 0 unspecified atom stereocenters. The van der Waals surface area contributed by atoms with Crippen LogP contribution in [0.2, 0.25) is 0 Å². The van der Waals surface area contributed by atoms with Gasteiger partial charge in [0.05, 0.1) is 6.54 Å². The van der Waals surface area contributed by atoms with Gasteiger partial charge in [0.25, 0.3) is 0 Å². The summed E-state index contributed by atoms with van der Waals surface area (Å²) in [5.74, 6) is -0.338. The molecule has 5 nitrogen and oxygen atoms in total. The number of halogens is 1. The van der Waals surface area contributed by atoms with Crippen molar-refractivity contribution < 1.29 is 18.7 Å². The number of fused-ring (bicyclic) bond motifs is 1. The van der Waals surface area contributed by atoms with E-state index < -0.39 is 0 Å². The summed E-state index contributed by atoms with van der Waals surface area (Å²) in [6.45, 7) is 1.76. The fourth-order valence-electron chi connectivity index (χ4n) is 6.61. The molecule has 2 aromatic carbocycles. The molecule has 0 N–H and O–H groups in total. The van der Waals surface area contributed by atoms with Crippen molar-refractivity contribution in [1.82, 2.24) is 9.47 Å². The molecule has 3 aliphatic rings. The normalized spacial score (nSPS) is 18.4. The molecule has 0 saturated carbocycles. The average molecular weight is 513 g/mol. The van der Waals surface area contributed by atoms with Crippen LogP contribution in [0.25, 0.3) is 10.9 Å². The van der Waals surface area contributed by atoms with Gasteiger partial charge in [0, 0.05) is 84.2 Å². The number of hydrogen-bond donors (Lipinski definition) is 0. The zero-order chi connectivity index (χ0) is 26.2. The largest absolute Gasteiger partial charge is 0.385 e. The number of hydrogen-bond acceptors (Lipinski definition) is 4. The summed E-state index contributed by atoms with van der Waals surface area (Å²) in [7, 11) is 1.70. The minimum atomic E-state index is -0.383. The van der Waals surface area contributed by atoms with Crippen molar-refractivity contribution in [2.24, 2.45) is 0 Å². The zero-order valence-electron chi connectivity index (χ0n) is 21.8. The molecule has 0 saturated heterocycles. The van der Waals surface area contributed by atoms with E-state index in [0.717, 1.165) is 77.7 Å². The molecule has 2 aliphatic carbocycles. The third kappa shape index (κ3) is 4.21. The monoisotopic (exact) mass is 512 g/mol. The van der Waals surface area contributed by atoms with Crippen molar-refractivity contribution in [1.29, 1.82) is 0 Å². The van der Waals surface area contributed by atoms with E-state index in [0.29, 0.717) is 31.6 Å². The maximum Gasteiger partial charge on any atom is 0.161 e. The summed E-state index contributed by atoms with van der Waals surface area (Å²) in [4.78, 5) is 29.6. The Morgan fingerprint density at radius 3 is 2.24 bits per heavy atom. The Kier molecular flexibility index (Phi) is 6.75. The summed E-state index contributed by atoms with van der Waals surface area (Å²) in [6.07, 6.45) is 7.23. The van der Waals surface area contributed by atoms with Crippen LogP contribution in [0.4, 0.5) is 4.39 Å². The van der Waals surface area contributed by atoms with Crippen LogP contribution in [0.5, 0.6) is 0 Å². The van der Waals surface area contributed by atoms with Crippen LogP contribution in [-0.2, 0) is 20.9 Å². The van der Waals surface area contributed by atoms with Crippen molar-refractivity contribution >= 4 is 22.5 Å². The third-order valence-electron chi connectivity index (χ3n) is 8.25. The average Bonchev–Trinajstić information content (AvgIpc) is 3.28. The smallest absolute Gasteiger partial charge is 0.161 e. The predicted octanol–water partition coefficient (Wildman–Crippen LogP) is 6.28. The van der Waals surface area contributed by atoms with Gasteiger partial charge in [-0.3, -0.25) is 9.59 Å². The van der Waals surface area contributed by atoms with Crippen molar-refractivity contribution in [3.05, 3.63) is 94.2 Å². The molecule has 0 radical (unpaired) electrons. The summed E-state index contributed by atoms with van der Waals surface area (Å²) in [5.41, 5.74) is 6.30. The molecular weight excluding hydrogens is 479 g/mol. The lowest BCUT2D eigenvalue weighted by molar-refractivity contribution is -0.117. The molecule has 1 aromatic heterocycles. The molecule has 38 heavy (non-hydrogen) atoms. The Morgan fingerprint density at radius 2 is 1.55 bits per heavy atom. The summed E-state index contributed by atoms with van der Waals surface area (Å²) >= 11 is 0. The van der Waals surface area contributed by atoms with Crippen molar-refractivity contribution in [3.63, 3.8) is 0 Å². The number of carbonyl (C=O) groups excluding carboxylic acids is 2. The van der Waals surface area contributed by atoms with Crippen molar-refractivity contribution in [2.45, 2.75) is 57.4 Å². The lowest BCUT2D eigenvalue weighted by Crippen LogP contribution is -2.39. The van der Waals surface area contributed by atoms with E-state index in [1.807, 2.05) is 24.3 Å². The topological polar surface area (TPSA) is 51.5 Å². The highest BCUT2D eigenvalue weighted by molar-refractivity contribution is 6.07. The molecular formula is C32H33FN2O3. The van der Waals surface area contributed by atoms with Crippen LogP contribution in [0.1, 0.15) is 62.0 Å². The highest BCUT2D eigenvalue weighted by Gasteiger charge is 2.44. The Bertz CT molecular complexity index is 1440. The Morgan fingerprint density at radius 1 is 0.895 bits per heavy atom. The Labute approximate surface area is 222 Å². The summed E-state index contributed by atoms with van der Waals surface area (Å²) in [5, 5.41) is 1.01. The SMILES string of the molecule is COCCCN1C2=C(C(=O)CCC2)C(c2cn(Cc3ccccc3F)c3ccccc23)C2=C1CCCC2=O. The number of aromatic nitrogens is 1. The predicted molar refractivity (Wildman–Crippen MR) is 145 cm³/mol. The van der Waals surface area contributed by atoms with E-state index in [1.165, 1.54) is 6.07 Å². The highest BCUT2D eigenvalue weighted by Crippen LogP contribution is 2.50. The lowest BCUT2D eigenvalue weighted by atomic mass is 9.71. The molecule has 3 aromatic rings. The van der Waals surface area contributed by atoms with E-state index in [4.69, 9.17) is 4.74 Å². The maximum absolute atomic E-state index is 14.6. The number of para-hydroxylation sites is 1. The first kappa shape index (κ1) is 24.8. The van der Waals surface area contributed by atoms with Gasteiger partial charge in [-0.2, -0.15) is 0 Å². The number of nitrogens with zero attached hydrogens (tertiary/aromatic N) is 2. The first-order valence-corrected chi connectivity index (χ1v) is 13.7. The van der Waals surface area contributed by atoms with Gasteiger partial charge in [0.2, 0.25) is 0 Å². The number of allylic oxidation sites excluding steroid dienone is 4. The molecule has 2 heterocycles. The molecule has 0 amide bonds. The molecule has 0 fully saturated rings. The van der Waals surface area contributed by atoms with E-state index in [1.54, 1.807) is 19.2 Å². The Hall–Kier alpha value is -3.51. The van der Waals surface area contributed by atoms with Crippen LogP contribution in [0.15, 0.2) is 77.3 Å². The van der Waals surface area contributed by atoms with Gasteiger partial charge >= 0.3 is 0 Å². The highest BCUT2D eigenvalue weighted by atomic mass is 19.1. The quantitative estimate of drug-likeness (QED) is 0.350. The van der Waals surface area contributed by atoms with Crippen LogP contribution < -0.4 is 0 Å². The van der Waals surface area contributed by atoms with Crippen LogP contribution >= 0.6 is 0 Å². The van der Waals surface area contributed by atoms with Gasteiger partial charge in [-0.1, -0.05) is 36.4 Å². The zero-order valence-corrected chi connectivity index (χ0v) is 21.8. The number of carbonyl (C=O) groups is 2.